The molecule has 0 spiro atoms. The van der Waals surface area contributed by atoms with E-state index in [-0.39, 0.29) is 0 Å². The van der Waals surface area contributed by atoms with Crippen molar-refractivity contribution in [2.45, 2.75) is 31.6 Å². The van der Waals surface area contributed by atoms with Crippen molar-refractivity contribution < 1.29 is 4.52 Å². The molecule has 4 nitrogen and oxygen atoms in total. The molecule has 1 aromatic carbocycles. The number of nitrogens with one attached hydrogen (secondary N) is 1. The van der Waals surface area contributed by atoms with E-state index in [1.165, 1.54) is 12.8 Å². The van der Waals surface area contributed by atoms with E-state index in [0.717, 1.165) is 36.8 Å². The highest BCUT2D eigenvalue weighted by atomic mass is 16.5. The van der Waals surface area contributed by atoms with Crippen LogP contribution in [0, 0.1) is 0 Å². The monoisotopic (exact) mass is 243 g/mol. The Morgan fingerprint density at radius 2 is 2.06 bits per heavy atom. The third-order valence-corrected chi connectivity index (χ3v) is 3.10. The molecule has 0 unspecified atom stereocenters. The minimum atomic E-state index is 0.574. The number of aromatic nitrogens is 2. The van der Waals surface area contributed by atoms with Gasteiger partial charge in [-0.1, -0.05) is 23.4 Å². The number of hydrogen-bond donors (Lipinski definition) is 1. The van der Waals surface area contributed by atoms with Crippen molar-refractivity contribution in [3.63, 3.8) is 0 Å². The number of hydrogen-bond acceptors (Lipinski definition) is 4. The van der Waals surface area contributed by atoms with E-state index < -0.39 is 0 Å². The maximum atomic E-state index is 5.23. The molecule has 3 rings (SSSR count). The van der Waals surface area contributed by atoms with E-state index in [4.69, 9.17) is 4.52 Å². The largest absolute Gasteiger partial charge is 0.385 e. The second-order valence-corrected chi connectivity index (χ2v) is 4.72. The molecule has 94 valence electrons. The fourth-order valence-electron chi connectivity index (χ4n) is 1.91. The van der Waals surface area contributed by atoms with Gasteiger partial charge in [0.2, 0.25) is 5.89 Å². The molecule has 0 atom stereocenters. The Morgan fingerprint density at radius 3 is 2.83 bits per heavy atom. The zero-order valence-corrected chi connectivity index (χ0v) is 10.3. The van der Waals surface area contributed by atoms with Crippen LogP contribution in [-0.4, -0.2) is 16.7 Å². The summed E-state index contributed by atoms with van der Waals surface area (Å²) in [7, 11) is 0. The smallest absolute Gasteiger partial charge is 0.226 e. The molecule has 18 heavy (non-hydrogen) atoms. The number of nitrogens with zero attached hydrogens (tertiary/aromatic N) is 2. The van der Waals surface area contributed by atoms with E-state index in [9.17, 15) is 0 Å². The SMILES string of the molecule is c1ccc(NCCCc2nc(C3CC3)no2)cc1. The Bertz CT molecular complexity index is 491. The topological polar surface area (TPSA) is 51.0 Å². The summed E-state index contributed by atoms with van der Waals surface area (Å²) >= 11 is 0. The molecule has 1 aliphatic rings. The van der Waals surface area contributed by atoms with Crippen LogP contribution in [0.4, 0.5) is 5.69 Å². The van der Waals surface area contributed by atoms with Crippen molar-refractivity contribution in [1.82, 2.24) is 10.1 Å². The molecular formula is C14H17N3O. The fraction of sp³-hybridized carbons (Fsp3) is 0.429. The Kier molecular flexibility index (Phi) is 3.26. The summed E-state index contributed by atoms with van der Waals surface area (Å²) in [5.74, 6) is 2.25. The van der Waals surface area contributed by atoms with Gasteiger partial charge in [0.1, 0.15) is 0 Å². The van der Waals surface area contributed by atoms with Crippen molar-refractivity contribution in [1.29, 1.82) is 0 Å². The highest BCUT2D eigenvalue weighted by Gasteiger charge is 2.28. The van der Waals surface area contributed by atoms with Crippen molar-refractivity contribution in [2.24, 2.45) is 0 Å². The summed E-state index contributed by atoms with van der Waals surface area (Å²) in [5.41, 5.74) is 1.15. The molecular weight excluding hydrogens is 226 g/mol. The van der Waals surface area contributed by atoms with Crippen molar-refractivity contribution in [3.05, 3.63) is 42.0 Å². The lowest BCUT2D eigenvalue weighted by molar-refractivity contribution is 0.371. The summed E-state index contributed by atoms with van der Waals surface area (Å²) < 4.78 is 5.23. The lowest BCUT2D eigenvalue weighted by atomic mass is 10.3. The third kappa shape index (κ3) is 2.88. The Balaban J connectivity index is 1.41. The van der Waals surface area contributed by atoms with Crippen LogP contribution in [0.15, 0.2) is 34.9 Å². The predicted octanol–water partition coefficient (Wildman–Crippen LogP) is 2.99. The first kappa shape index (κ1) is 11.3. The predicted molar refractivity (Wildman–Crippen MR) is 69.5 cm³/mol. The number of anilines is 1. The van der Waals surface area contributed by atoms with Crippen molar-refractivity contribution >= 4 is 5.69 Å². The summed E-state index contributed by atoms with van der Waals surface area (Å²) in [4.78, 5) is 4.41. The van der Waals surface area contributed by atoms with Gasteiger partial charge in [0, 0.05) is 24.6 Å². The van der Waals surface area contributed by atoms with Crippen LogP contribution in [-0.2, 0) is 6.42 Å². The Hall–Kier alpha value is -1.84. The van der Waals surface area contributed by atoms with Crippen LogP contribution >= 0.6 is 0 Å². The Labute approximate surface area is 106 Å². The number of para-hydroxylation sites is 1. The minimum absolute atomic E-state index is 0.574. The quantitative estimate of drug-likeness (QED) is 0.792. The van der Waals surface area contributed by atoms with Crippen molar-refractivity contribution in [2.75, 3.05) is 11.9 Å². The van der Waals surface area contributed by atoms with E-state index in [2.05, 4.69) is 27.6 Å². The van der Waals surface area contributed by atoms with Crippen LogP contribution in [0.3, 0.4) is 0 Å². The van der Waals surface area contributed by atoms with Gasteiger partial charge in [-0.05, 0) is 31.4 Å². The minimum Gasteiger partial charge on any atom is -0.385 e. The summed E-state index contributed by atoms with van der Waals surface area (Å²) in [6.45, 7) is 0.922. The lowest BCUT2D eigenvalue weighted by Crippen LogP contribution is -2.02. The van der Waals surface area contributed by atoms with E-state index in [0.29, 0.717) is 5.92 Å². The third-order valence-electron chi connectivity index (χ3n) is 3.10. The summed E-state index contributed by atoms with van der Waals surface area (Å²) in [6, 6.07) is 10.2. The Morgan fingerprint density at radius 1 is 1.22 bits per heavy atom. The average molecular weight is 243 g/mol. The van der Waals surface area contributed by atoms with Crippen molar-refractivity contribution in [3.8, 4) is 0 Å². The highest BCUT2D eigenvalue weighted by Crippen LogP contribution is 2.38. The standard InChI is InChI=1S/C14H17N3O/c1-2-5-12(6-3-1)15-10-4-7-13-16-14(17-18-13)11-8-9-11/h1-3,5-6,11,15H,4,7-10H2. The molecule has 1 N–H and O–H groups in total. The molecule has 2 aromatic rings. The number of rotatable bonds is 6. The van der Waals surface area contributed by atoms with Gasteiger partial charge in [0.15, 0.2) is 5.82 Å². The van der Waals surface area contributed by atoms with E-state index in [1.54, 1.807) is 0 Å². The summed E-state index contributed by atoms with van der Waals surface area (Å²) in [6.07, 6.45) is 4.28. The highest BCUT2D eigenvalue weighted by molar-refractivity contribution is 5.42. The zero-order chi connectivity index (χ0) is 12.2. The second-order valence-electron chi connectivity index (χ2n) is 4.72. The van der Waals surface area contributed by atoms with Crippen LogP contribution in [0.25, 0.3) is 0 Å². The van der Waals surface area contributed by atoms with Gasteiger partial charge in [0.05, 0.1) is 0 Å². The first-order valence-corrected chi connectivity index (χ1v) is 6.53. The molecule has 1 aliphatic carbocycles. The zero-order valence-electron chi connectivity index (χ0n) is 10.3. The molecule has 0 bridgehead atoms. The molecule has 4 heteroatoms. The van der Waals surface area contributed by atoms with Gasteiger partial charge in [-0.3, -0.25) is 0 Å². The van der Waals surface area contributed by atoms with Crippen LogP contribution in [0.5, 0.6) is 0 Å². The molecule has 0 aliphatic heterocycles. The van der Waals surface area contributed by atoms with Gasteiger partial charge in [-0.15, -0.1) is 0 Å². The molecule has 0 amide bonds. The number of aryl methyl sites for hydroxylation is 1. The van der Waals surface area contributed by atoms with Crippen LogP contribution in [0.1, 0.15) is 36.9 Å². The normalized spacial score (nSPS) is 14.7. The van der Waals surface area contributed by atoms with E-state index >= 15 is 0 Å². The van der Waals surface area contributed by atoms with Gasteiger partial charge >= 0.3 is 0 Å². The lowest BCUT2D eigenvalue weighted by Gasteiger charge is -2.03. The van der Waals surface area contributed by atoms with E-state index in [1.807, 2.05) is 18.2 Å². The molecule has 1 heterocycles. The van der Waals surface area contributed by atoms with Gasteiger partial charge in [-0.25, -0.2) is 0 Å². The van der Waals surface area contributed by atoms with Crippen LogP contribution in [0.2, 0.25) is 0 Å². The molecule has 1 saturated carbocycles. The van der Waals surface area contributed by atoms with Crippen LogP contribution < -0.4 is 5.32 Å². The molecule has 0 saturated heterocycles. The first-order valence-electron chi connectivity index (χ1n) is 6.53. The van der Waals surface area contributed by atoms with Gasteiger partial charge in [0.25, 0.3) is 0 Å². The summed E-state index contributed by atoms with van der Waals surface area (Å²) in [5, 5.41) is 7.38. The fourth-order valence-corrected chi connectivity index (χ4v) is 1.91. The second kappa shape index (κ2) is 5.21. The molecule has 1 aromatic heterocycles. The first-order chi connectivity index (χ1) is 8.92. The maximum Gasteiger partial charge on any atom is 0.226 e. The van der Waals surface area contributed by atoms with Gasteiger partial charge < -0.3 is 9.84 Å². The molecule has 1 fully saturated rings. The maximum absolute atomic E-state index is 5.23. The van der Waals surface area contributed by atoms with Gasteiger partial charge in [-0.2, -0.15) is 4.98 Å². The molecule has 0 radical (unpaired) electrons. The average Bonchev–Trinajstić information content (AvgIpc) is 3.16. The number of benzene rings is 1.